The predicted octanol–water partition coefficient (Wildman–Crippen LogP) is 4.47. The van der Waals surface area contributed by atoms with Crippen molar-refractivity contribution in [1.29, 1.82) is 0 Å². The van der Waals surface area contributed by atoms with E-state index in [0.717, 1.165) is 23.8 Å². The summed E-state index contributed by atoms with van der Waals surface area (Å²) in [5.41, 5.74) is 0.446. The van der Waals surface area contributed by atoms with Crippen molar-refractivity contribution in [3.63, 3.8) is 0 Å². The second-order valence-corrected chi connectivity index (χ2v) is 7.93. The zero-order chi connectivity index (χ0) is 14.6. The van der Waals surface area contributed by atoms with E-state index in [4.69, 9.17) is 0 Å². The normalized spacial score (nSPS) is 18.4. The second kappa shape index (κ2) is 6.86. The van der Waals surface area contributed by atoms with Gasteiger partial charge in [0.1, 0.15) is 0 Å². The Balaban J connectivity index is 1.65. The number of carbonyl (C=O) groups is 1. The molecule has 1 aliphatic heterocycles. The summed E-state index contributed by atoms with van der Waals surface area (Å²) in [6, 6.07) is 3.89. The van der Waals surface area contributed by atoms with Gasteiger partial charge in [0.2, 0.25) is 0 Å². The summed E-state index contributed by atoms with van der Waals surface area (Å²) >= 11 is 1.56. The number of ketones is 1. The fourth-order valence-corrected chi connectivity index (χ4v) is 3.74. The van der Waals surface area contributed by atoms with Crippen LogP contribution in [-0.2, 0) is 0 Å². The molecule has 0 N–H and O–H groups in total. The lowest BCUT2D eigenvalue weighted by Crippen LogP contribution is -2.38. The first-order chi connectivity index (χ1) is 9.47. The van der Waals surface area contributed by atoms with Crippen LogP contribution in [-0.4, -0.2) is 30.3 Å². The van der Waals surface area contributed by atoms with Gasteiger partial charge in [-0.25, -0.2) is 0 Å². The minimum atomic E-state index is 0.310. The number of carbonyl (C=O) groups excluding carboxylic acids is 1. The maximum Gasteiger partial charge on any atom is 0.172 e. The number of hydrogen-bond donors (Lipinski definition) is 0. The predicted molar refractivity (Wildman–Crippen MR) is 86.5 cm³/mol. The van der Waals surface area contributed by atoms with Crippen molar-refractivity contribution in [3.8, 4) is 0 Å². The van der Waals surface area contributed by atoms with Crippen LogP contribution < -0.4 is 0 Å². The molecule has 20 heavy (non-hydrogen) atoms. The van der Waals surface area contributed by atoms with Gasteiger partial charge in [-0.1, -0.05) is 26.8 Å². The van der Waals surface area contributed by atoms with E-state index in [1.54, 1.807) is 11.3 Å². The Hall–Kier alpha value is -0.670. The third-order valence-electron chi connectivity index (χ3n) is 4.49. The van der Waals surface area contributed by atoms with Gasteiger partial charge in [-0.15, -0.1) is 11.3 Å². The van der Waals surface area contributed by atoms with E-state index in [0.29, 0.717) is 17.6 Å². The molecule has 0 bridgehead atoms. The highest BCUT2D eigenvalue weighted by Gasteiger charge is 2.28. The highest BCUT2D eigenvalue weighted by molar-refractivity contribution is 7.12. The van der Waals surface area contributed by atoms with Gasteiger partial charge in [0.05, 0.1) is 4.88 Å². The van der Waals surface area contributed by atoms with Crippen molar-refractivity contribution in [2.24, 2.45) is 11.3 Å². The standard InChI is InChI=1S/C17H27NOS/c1-17(2,3)14-8-11-18(12-9-14)10-4-6-15(19)16-7-5-13-20-16/h5,7,13-14H,4,6,8-12H2,1-3H3. The highest BCUT2D eigenvalue weighted by atomic mass is 32.1. The Bertz CT molecular complexity index is 411. The Labute approximate surface area is 127 Å². The van der Waals surface area contributed by atoms with E-state index in [2.05, 4.69) is 25.7 Å². The summed E-state index contributed by atoms with van der Waals surface area (Å²) in [6.07, 6.45) is 4.31. The largest absolute Gasteiger partial charge is 0.303 e. The number of rotatable bonds is 5. The topological polar surface area (TPSA) is 20.3 Å². The zero-order valence-corrected chi connectivity index (χ0v) is 13.8. The first-order valence-electron chi connectivity index (χ1n) is 7.76. The van der Waals surface area contributed by atoms with Crippen molar-refractivity contribution in [1.82, 2.24) is 4.90 Å². The molecule has 0 atom stereocenters. The van der Waals surface area contributed by atoms with Gasteiger partial charge < -0.3 is 4.90 Å². The Morgan fingerprint density at radius 2 is 2.05 bits per heavy atom. The number of piperidine rings is 1. The molecule has 1 saturated heterocycles. The lowest BCUT2D eigenvalue weighted by molar-refractivity contribution is 0.0953. The molecule has 0 aromatic carbocycles. The highest BCUT2D eigenvalue weighted by Crippen LogP contribution is 2.34. The molecular formula is C17H27NOS. The van der Waals surface area contributed by atoms with E-state index >= 15 is 0 Å². The van der Waals surface area contributed by atoms with Crippen LogP contribution in [0, 0.1) is 11.3 Å². The number of nitrogens with zero attached hydrogens (tertiary/aromatic N) is 1. The van der Waals surface area contributed by atoms with Gasteiger partial charge >= 0.3 is 0 Å². The molecule has 1 aliphatic rings. The first kappa shape index (κ1) is 15.7. The van der Waals surface area contributed by atoms with Gasteiger partial charge in [-0.2, -0.15) is 0 Å². The van der Waals surface area contributed by atoms with Gasteiger partial charge in [0, 0.05) is 6.42 Å². The molecule has 1 aromatic heterocycles. The molecule has 2 rings (SSSR count). The summed E-state index contributed by atoms with van der Waals surface area (Å²) in [4.78, 5) is 15.4. The molecule has 0 amide bonds. The summed E-state index contributed by atoms with van der Waals surface area (Å²) in [6.45, 7) is 10.5. The minimum absolute atomic E-state index is 0.310. The van der Waals surface area contributed by atoms with Gasteiger partial charge in [0.25, 0.3) is 0 Å². The first-order valence-corrected chi connectivity index (χ1v) is 8.64. The molecule has 3 heteroatoms. The van der Waals surface area contributed by atoms with Crippen LogP contribution in [0.2, 0.25) is 0 Å². The molecule has 0 aliphatic carbocycles. The molecule has 2 nitrogen and oxygen atoms in total. The van der Waals surface area contributed by atoms with E-state index in [9.17, 15) is 4.79 Å². The minimum Gasteiger partial charge on any atom is -0.303 e. The summed E-state index contributed by atoms with van der Waals surface area (Å²) in [7, 11) is 0. The summed E-state index contributed by atoms with van der Waals surface area (Å²) in [5, 5.41) is 1.98. The van der Waals surface area contributed by atoms with Crippen molar-refractivity contribution >= 4 is 17.1 Å². The fraction of sp³-hybridized carbons (Fsp3) is 0.706. The van der Waals surface area contributed by atoms with E-state index < -0.39 is 0 Å². The third-order valence-corrected chi connectivity index (χ3v) is 5.40. The van der Waals surface area contributed by atoms with Crippen LogP contribution in [0.4, 0.5) is 0 Å². The number of thiophene rings is 1. The molecule has 2 heterocycles. The molecule has 1 aromatic rings. The maximum absolute atomic E-state index is 11.9. The monoisotopic (exact) mass is 293 g/mol. The van der Waals surface area contributed by atoms with Crippen LogP contribution in [0.15, 0.2) is 17.5 Å². The number of likely N-dealkylation sites (tertiary alicyclic amines) is 1. The molecule has 1 fully saturated rings. The van der Waals surface area contributed by atoms with Crippen molar-refractivity contribution < 1.29 is 4.79 Å². The molecular weight excluding hydrogens is 266 g/mol. The van der Waals surface area contributed by atoms with E-state index in [1.807, 2.05) is 17.5 Å². The lowest BCUT2D eigenvalue weighted by atomic mass is 9.75. The third kappa shape index (κ3) is 4.42. The number of Topliss-reactive ketones (excluding diaryl/α,β-unsaturated/α-hetero) is 1. The van der Waals surface area contributed by atoms with Gasteiger partial charge in [-0.3, -0.25) is 4.79 Å². The lowest BCUT2D eigenvalue weighted by Gasteiger charge is -2.38. The van der Waals surface area contributed by atoms with Crippen molar-refractivity contribution in [2.75, 3.05) is 19.6 Å². The van der Waals surface area contributed by atoms with E-state index in [-0.39, 0.29) is 0 Å². The Kier molecular flexibility index (Phi) is 5.39. The molecule has 0 spiro atoms. The molecule has 0 radical (unpaired) electrons. The zero-order valence-electron chi connectivity index (χ0n) is 13.0. The van der Waals surface area contributed by atoms with Crippen LogP contribution in [0.3, 0.4) is 0 Å². The maximum atomic E-state index is 11.9. The SMILES string of the molecule is CC(C)(C)C1CCN(CCCC(=O)c2cccs2)CC1. The summed E-state index contributed by atoms with van der Waals surface area (Å²) in [5.74, 6) is 1.16. The average molecular weight is 293 g/mol. The quantitative estimate of drug-likeness (QED) is 0.747. The molecule has 0 unspecified atom stereocenters. The van der Waals surface area contributed by atoms with Gasteiger partial charge in [-0.05, 0) is 61.7 Å². The van der Waals surface area contributed by atoms with Crippen molar-refractivity contribution in [2.45, 2.75) is 46.5 Å². The molecule has 112 valence electrons. The van der Waals surface area contributed by atoms with Crippen LogP contribution in [0.1, 0.15) is 56.1 Å². The van der Waals surface area contributed by atoms with Crippen LogP contribution in [0.25, 0.3) is 0 Å². The fourth-order valence-electron chi connectivity index (χ4n) is 3.05. The smallest absolute Gasteiger partial charge is 0.172 e. The molecule has 0 saturated carbocycles. The average Bonchev–Trinajstić information content (AvgIpc) is 2.92. The van der Waals surface area contributed by atoms with Crippen LogP contribution in [0.5, 0.6) is 0 Å². The van der Waals surface area contributed by atoms with Crippen molar-refractivity contribution in [3.05, 3.63) is 22.4 Å². The second-order valence-electron chi connectivity index (χ2n) is 6.99. The van der Waals surface area contributed by atoms with Crippen LogP contribution >= 0.6 is 11.3 Å². The summed E-state index contributed by atoms with van der Waals surface area (Å²) < 4.78 is 0. The Morgan fingerprint density at radius 1 is 1.35 bits per heavy atom. The van der Waals surface area contributed by atoms with E-state index in [1.165, 1.54) is 25.9 Å². The Morgan fingerprint density at radius 3 is 2.60 bits per heavy atom. The van der Waals surface area contributed by atoms with Gasteiger partial charge in [0.15, 0.2) is 5.78 Å². The number of hydrogen-bond acceptors (Lipinski definition) is 3.